The van der Waals surface area contributed by atoms with Gasteiger partial charge in [0.2, 0.25) is 0 Å². The van der Waals surface area contributed by atoms with Crippen LogP contribution in [0.15, 0.2) is 28.2 Å². The molecule has 0 unspecified atom stereocenters. The average molecular weight is 283 g/mol. The molecule has 2 aromatic heterocycles. The SMILES string of the molecule is CC(C)c1csc(-c2ncccc2Br)n1. The number of halogens is 1. The highest BCUT2D eigenvalue weighted by Gasteiger charge is 2.10. The zero-order chi connectivity index (χ0) is 10.8. The smallest absolute Gasteiger partial charge is 0.143 e. The van der Waals surface area contributed by atoms with E-state index in [4.69, 9.17) is 0 Å². The minimum atomic E-state index is 0.470. The molecule has 2 nitrogen and oxygen atoms in total. The number of rotatable bonds is 2. The molecule has 0 N–H and O–H groups in total. The van der Waals surface area contributed by atoms with Crippen molar-refractivity contribution in [2.75, 3.05) is 0 Å². The Morgan fingerprint density at radius 2 is 2.20 bits per heavy atom. The number of thiazole rings is 1. The Balaban J connectivity index is 2.42. The average Bonchev–Trinajstić information content (AvgIpc) is 2.67. The third-order valence-electron chi connectivity index (χ3n) is 2.07. The molecule has 0 aromatic carbocycles. The van der Waals surface area contributed by atoms with Gasteiger partial charge in [0.05, 0.1) is 5.69 Å². The van der Waals surface area contributed by atoms with Crippen LogP contribution >= 0.6 is 27.3 Å². The van der Waals surface area contributed by atoms with Gasteiger partial charge in [-0.25, -0.2) is 4.98 Å². The molecule has 0 saturated carbocycles. The van der Waals surface area contributed by atoms with E-state index in [-0.39, 0.29) is 0 Å². The van der Waals surface area contributed by atoms with Crippen LogP contribution in [0.3, 0.4) is 0 Å². The molecule has 0 bridgehead atoms. The number of hydrogen-bond acceptors (Lipinski definition) is 3. The van der Waals surface area contributed by atoms with Gasteiger partial charge >= 0.3 is 0 Å². The van der Waals surface area contributed by atoms with Crippen LogP contribution in [0, 0.1) is 0 Å². The number of pyridine rings is 1. The Kier molecular flexibility index (Phi) is 3.17. The largest absolute Gasteiger partial charge is 0.253 e. The van der Waals surface area contributed by atoms with Gasteiger partial charge in [0.15, 0.2) is 0 Å². The van der Waals surface area contributed by atoms with Gasteiger partial charge < -0.3 is 0 Å². The first-order valence-corrected chi connectivity index (χ1v) is 6.42. The molecule has 15 heavy (non-hydrogen) atoms. The van der Waals surface area contributed by atoms with Crippen LogP contribution in [0.1, 0.15) is 25.5 Å². The van der Waals surface area contributed by atoms with Gasteiger partial charge in [0, 0.05) is 16.0 Å². The van der Waals surface area contributed by atoms with Gasteiger partial charge in [-0.2, -0.15) is 0 Å². The fourth-order valence-corrected chi connectivity index (χ4v) is 2.77. The zero-order valence-electron chi connectivity index (χ0n) is 8.57. The minimum Gasteiger partial charge on any atom is -0.253 e. The van der Waals surface area contributed by atoms with Crippen molar-refractivity contribution in [1.82, 2.24) is 9.97 Å². The summed E-state index contributed by atoms with van der Waals surface area (Å²) in [7, 11) is 0. The molecule has 0 spiro atoms. The van der Waals surface area contributed by atoms with Crippen LogP contribution in [0.25, 0.3) is 10.7 Å². The third-order valence-corrected chi connectivity index (χ3v) is 3.58. The second kappa shape index (κ2) is 4.41. The fraction of sp³-hybridized carbons (Fsp3) is 0.273. The normalized spacial score (nSPS) is 10.9. The van der Waals surface area contributed by atoms with Crippen molar-refractivity contribution >= 4 is 27.3 Å². The summed E-state index contributed by atoms with van der Waals surface area (Å²) in [5, 5.41) is 3.08. The number of hydrogen-bond donors (Lipinski definition) is 0. The highest BCUT2D eigenvalue weighted by Crippen LogP contribution is 2.30. The molecule has 0 aliphatic heterocycles. The van der Waals surface area contributed by atoms with Crippen molar-refractivity contribution < 1.29 is 0 Å². The van der Waals surface area contributed by atoms with Crippen molar-refractivity contribution in [3.05, 3.63) is 33.9 Å². The number of nitrogens with zero attached hydrogens (tertiary/aromatic N) is 2. The van der Waals surface area contributed by atoms with Gasteiger partial charge in [-0.15, -0.1) is 11.3 Å². The van der Waals surface area contributed by atoms with Crippen LogP contribution in [-0.2, 0) is 0 Å². The highest BCUT2D eigenvalue weighted by molar-refractivity contribution is 9.10. The van der Waals surface area contributed by atoms with Gasteiger partial charge in [-0.1, -0.05) is 13.8 Å². The first-order chi connectivity index (χ1) is 7.18. The summed E-state index contributed by atoms with van der Waals surface area (Å²) < 4.78 is 0.995. The lowest BCUT2D eigenvalue weighted by Crippen LogP contribution is -1.88. The molecule has 0 saturated heterocycles. The van der Waals surface area contributed by atoms with Gasteiger partial charge in [0.25, 0.3) is 0 Å². The topological polar surface area (TPSA) is 25.8 Å². The molecule has 2 aromatic rings. The molecule has 0 aliphatic carbocycles. The van der Waals surface area contributed by atoms with Crippen molar-refractivity contribution in [3.63, 3.8) is 0 Å². The summed E-state index contributed by atoms with van der Waals surface area (Å²) in [6.45, 7) is 4.29. The maximum absolute atomic E-state index is 4.57. The maximum Gasteiger partial charge on any atom is 0.143 e. The molecule has 0 aliphatic rings. The minimum absolute atomic E-state index is 0.470. The second-order valence-electron chi connectivity index (χ2n) is 3.57. The lowest BCUT2D eigenvalue weighted by Gasteiger charge is -1.99. The Labute approximate surface area is 102 Å². The summed E-state index contributed by atoms with van der Waals surface area (Å²) in [5.41, 5.74) is 2.06. The standard InChI is InChI=1S/C11H11BrN2S/c1-7(2)9-6-15-11(14-9)10-8(12)4-3-5-13-10/h3-7H,1-2H3. The summed E-state index contributed by atoms with van der Waals surface area (Å²) in [6.07, 6.45) is 1.79. The molecule has 0 atom stereocenters. The van der Waals surface area contributed by atoms with E-state index >= 15 is 0 Å². The highest BCUT2D eigenvalue weighted by atomic mass is 79.9. The number of aromatic nitrogens is 2. The molecule has 0 radical (unpaired) electrons. The van der Waals surface area contributed by atoms with E-state index in [0.717, 1.165) is 20.9 Å². The molecular formula is C11H11BrN2S. The van der Waals surface area contributed by atoms with E-state index in [2.05, 4.69) is 45.1 Å². The monoisotopic (exact) mass is 282 g/mol. The van der Waals surface area contributed by atoms with Gasteiger partial charge in [-0.3, -0.25) is 4.98 Å². The van der Waals surface area contributed by atoms with Crippen LogP contribution in [0.2, 0.25) is 0 Å². The zero-order valence-corrected chi connectivity index (χ0v) is 11.0. The Bertz CT molecular complexity index is 465. The lowest BCUT2D eigenvalue weighted by molar-refractivity contribution is 0.833. The molecule has 2 rings (SSSR count). The van der Waals surface area contributed by atoms with Crippen LogP contribution in [0.5, 0.6) is 0 Å². The lowest BCUT2D eigenvalue weighted by atomic mass is 10.2. The van der Waals surface area contributed by atoms with E-state index in [1.807, 2.05) is 12.1 Å². The quantitative estimate of drug-likeness (QED) is 0.829. The van der Waals surface area contributed by atoms with Crippen LogP contribution in [0.4, 0.5) is 0 Å². The van der Waals surface area contributed by atoms with E-state index in [1.54, 1.807) is 17.5 Å². The van der Waals surface area contributed by atoms with Gasteiger partial charge in [-0.05, 0) is 34.0 Å². The fourth-order valence-electron chi connectivity index (χ4n) is 1.20. The van der Waals surface area contributed by atoms with Crippen LogP contribution < -0.4 is 0 Å². The van der Waals surface area contributed by atoms with Gasteiger partial charge in [0.1, 0.15) is 10.7 Å². The molecule has 0 fully saturated rings. The second-order valence-corrected chi connectivity index (χ2v) is 5.28. The first kappa shape index (κ1) is 10.8. The predicted octanol–water partition coefficient (Wildman–Crippen LogP) is 4.09. The van der Waals surface area contributed by atoms with Crippen molar-refractivity contribution in [2.45, 2.75) is 19.8 Å². The first-order valence-electron chi connectivity index (χ1n) is 4.75. The summed E-state index contributed by atoms with van der Waals surface area (Å²) >= 11 is 5.12. The molecule has 0 amide bonds. The summed E-state index contributed by atoms with van der Waals surface area (Å²) in [5.74, 6) is 0.470. The van der Waals surface area contributed by atoms with E-state index in [0.29, 0.717) is 5.92 Å². The molecular weight excluding hydrogens is 272 g/mol. The van der Waals surface area contributed by atoms with Crippen molar-refractivity contribution in [3.8, 4) is 10.7 Å². The van der Waals surface area contributed by atoms with E-state index < -0.39 is 0 Å². The molecule has 2 heterocycles. The maximum atomic E-state index is 4.57. The summed E-state index contributed by atoms with van der Waals surface area (Å²) in [4.78, 5) is 8.89. The Morgan fingerprint density at radius 1 is 1.40 bits per heavy atom. The van der Waals surface area contributed by atoms with Crippen molar-refractivity contribution in [2.24, 2.45) is 0 Å². The summed E-state index contributed by atoms with van der Waals surface area (Å²) in [6, 6.07) is 3.89. The van der Waals surface area contributed by atoms with Crippen LogP contribution in [-0.4, -0.2) is 9.97 Å². The Hall–Kier alpha value is -0.740. The molecule has 4 heteroatoms. The predicted molar refractivity (Wildman–Crippen MR) is 67.1 cm³/mol. The van der Waals surface area contributed by atoms with E-state index in [1.165, 1.54) is 0 Å². The van der Waals surface area contributed by atoms with Crippen molar-refractivity contribution in [1.29, 1.82) is 0 Å². The third kappa shape index (κ3) is 2.26. The Morgan fingerprint density at radius 3 is 2.80 bits per heavy atom. The van der Waals surface area contributed by atoms with E-state index in [9.17, 15) is 0 Å². The molecule has 78 valence electrons.